The third-order valence-corrected chi connectivity index (χ3v) is 3.53. The second-order valence-corrected chi connectivity index (χ2v) is 5.80. The molecule has 0 heterocycles. The third kappa shape index (κ3) is 4.60. The number of hydrogen-bond acceptors (Lipinski definition) is 3. The largest absolute Gasteiger partial charge is 0.387 e. The first-order valence-corrected chi connectivity index (χ1v) is 6.97. The molecule has 0 amide bonds. The summed E-state index contributed by atoms with van der Waals surface area (Å²) >= 11 is 0. The van der Waals surface area contributed by atoms with Crippen molar-refractivity contribution >= 4 is 0 Å². The highest BCUT2D eigenvalue weighted by atomic mass is 16.3. The molecule has 2 N–H and O–H groups in total. The molecule has 0 fully saturated rings. The van der Waals surface area contributed by atoms with Gasteiger partial charge in [0.2, 0.25) is 0 Å². The Bertz CT molecular complexity index is 392. The first-order valence-electron chi connectivity index (χ1n) is 6.97. The minimum absolute atomic E-state index is 0.0556. The molecule has 0 aliphatic heterocycles. The van der Waals surface area contributed by atoms with E-state index in [0.717, 1.165) is 18.7 Å². The summed E-state index contributed by atoms with van der Waals surface area (Å²) in [7, 11) is 4.11. The highest BCUT2D eigenvalue weighted by Gasteiger charge is 2.19. The van der Waals surface area contributed by atoms with E-state index in [1.807, 2.05) is 6.92 Å². The molecule has 1 aromatic rings. The molecule has 0 aliphatic carbocycles. The summed E-state index contributed by atoms with van der Waals surface area (Å²) in [5.74, 6) is 0. The zero-order chi connectivity index (χ0) is 14.6. The Morgan fingerprint density at radius 1 is 1.16 bits per heavy atom. The fourth-order valence-electron chi connectivity index (χ4n) is 2.54. The molecule has 0 radical (unpaired) electrons. The van der Waals surface area contributed by atoms with Crippen LogP contribution in [-0.4, -0.2) is 43.2 Å². The summed E-state index contributed by atoms with van der Waals surface area (Å²) in [5.41, 5.74) is 4.66. The van der Waals surface area contributed by atoms with E-state index in [9.17, 15) is 5.11 Å². The van der Waals surface area contributed by atoms with E-state index in [2.05, 4.69) is 57.2 Å². The van der Waals surface area contributed by atoms with Crippen LogP contribution in [0.25, 0.3) is 0 Å². The first-order chi connectivity index (χ1) is 8.82. The van der Waals surface area contributed by atoms with Crippen molar-refractivity contribution < 1.29 is 5.11 Å². The highest BCUT2D eigenvalue weighted by Crippen LogP contribution is 2.25. The van der Waals surface area contributed by atoms with Crippen LogP contribution in [0.4, 0.5) is 0 Å². The lowest BCUT2D eigenvalue weighted by Gasteiger charge is -2.25. The molecule has 2 atom stereocenters. The van der Waals surface area contributed by atoms with Crippen molar-refractivity contribution in [3.05, 3.63) is 34.4 Å². The Kier molecular flexibility index (Phi) is 5.98. The van der Waals surface area contributed by atoms with E-state index in [-0.39, 0.29) is 6.04 Å². The smallest absolute Gasteiger partial charge is 0.0945 e. The normalized spacial score (nSPS) is 14.7. The molecule has 108 valence electrons. The number of aliphatic hydroxyl groups excluding tert-OH is 1. The second kappa shape index (κ2) is 7.04. The average Bonchev–Trinajstić information content (AvgIpc) is 2.26. The van der Waals surface area contributed by atoms with Crippen LogP contribution in [0.15, 0.2) is 12.1 Å². The minimum Gasteiger partial charge on any atom is -0.387 e. The lowest BCUT2D eigenvalue weighted by molar-refractivity contribution is 0.133. The van der Waals surface area contributed by atoms with Gasteiger partial charge in [-0.2, -0.15) is 0 Å². The molecule has 0 bridgehead atoms. The lowest BCUT2D eigenvalue weighted by atomic mass is 9.92. The molecule has 19 heavy (non-hydrogen) atoms. The van der Waals surface area contributed by atoms with Crippen molar-refractivity contribution in [1.29, 1.82) is 0 Å². The molecule has 0 saturated heterocycles. The minimum atomic E-state index is -0.456. The molecule has 0 aliphatic rings. The predicted octanol–water partition coefficient (Wildman–Crippen LogP) is 2.18. The molecule has 3 nitrogen and oxygen atoms in total. The maximum Gasteiger partial charge on any atom is 0.0945 e. The van der Waals surface area contributed by atoms with Crippen LogP contribution in [0.5, 0.6) is 0 Å². The van der Waals surface area contributed by atoms with Gasteiger partial charge < -0.3 is 15.3 Å². The zero-order valence-corrected chi connectivity index (χ0v) is 13.1. The number of benzene rings is 1. The summed E-state index contributed by atoms with van der Waals surface area (Å²) in [6, 6.07) is 4.33. The van der Waals surface area contributed by atoms with Gasteiger partial charge in [-0.1, -0.05) is 17.7 Å². The molecule has 0 aromatic heterocycles. The van der Waals surface area contributed by atoms with Crippen molar-refractivity contribution in [2.24, 2.45) is 0 Å². The van der Waals surface area contributed by atoms with Crippen LogP contribution < -0.4 is 5.32 Å². The third-order valence-electron chi connectivity index (χ3n) is 3.53. The van der Waals surface area contributed by atoms with Crippen LogP contribution in [0.3, 0.4) is 0 Å². The fourth-order valence-corrected chi connectivity index (χ4v) is 2.54. The van der Waals surface area contributed by atoms with Gasteiger partial charge in [-0.15, -0.1) is 0 Å². The Hall–Kier alpha value is -0.900. The Morgan fingerprint density at radius 3 is 2.16 bits per heavy atom. The fraction of sp³-hybridized carbons (Fsp3) is 0.625. The summed E-state index contributed by atoms with van der Waals surface area (Å²) in [6.45, 7) is 10.1. The summed E-state index contributed by atoms with van der Waals surface area (Å²) < 4.78 is 0. The lowest BCUT2D eigenvalue weighted by Crippen LogP contribution is -2.37. The van der Waals surface area contributed by atoms with E-state index in [0.29, 0.717) is 0 Å². The van der Waals surface area contributed by atoms with Gasteiger partial charge in [-0.05, 0) is 58.5 Å². The molecule has 1 rings (SSSR count). The number of likely N-dealkylation sites (N-methyl/N-ethyl adjacent to an activating group) is 1. The maximum atomic E-state index is 10.5. The number of rotatable bonds is 6. The standard InChI is InChI=1S/C16H28N2O/c1-11-9-12(2)15(13(3)10-11)16(19)14(4)17-7-8-18(5)6/h9-10,14,16-17,19H,7-8H2,1-6H3. The van der Waals surface area contributed by atoms with Gasteiger partial charge in [-0.3, -0.25) is 0 Å². The number of nitrogens with zero attached hydrogens (tertiary/aromatic N) is 1. The van der Waals surface area contributed by atoms with Crippen LogP contribution in [-0.2, 0) is 0 Å². The highest BCUT2D eigenvalue weighted by molar-refractivity contribution is 5.39. The van der Waals surface area contributed by atoms with Gasteiger partial charge in [0.1, 0.15) is 0 Å². The summed E-state index contributed by atoms with van der Waals surface area (Å²) in [6.07, 6.45) is -0.456. The Morgan fingerprint density at radius 2 is 1.68 bits per heavy atom. The van der Waals surface area contributed by atoms with Crippen molar-refractivity contribution in [2.45, 2.75) is 39.8 Å². The molecular formula is C16H28N2O. The quantitative estimate of drug-likeness (QED) is 0.827. The molecule has 0 saturated carbocycles. The van der Waals surface area contributed by atoms with Crippen LogP contribution in [0, 0.1) is 20.8 Å². The van der Waals surface area contributed by atoms with Crippen molar-refractivity contribution in [2.75, 3.05) is 27.2 Å². The van der Waals surface area contributed by atoms with Gasteiger partial charge in [0.05, 0.1) is 6.10 Å². The number of hydrogen-bond donors (Lipinski definition) is 2. The van der Waals surface area contributed by atoms with E-state index in [1.54, 1.807) is 0 Å². The van der Waals surface area contributed by atoms with Crippen LogP contribution in [0.1, 0.15) is 35.3 Å². The summed E-state index contributed by atoms with van der Waals surface area (Å²) in [5, 5.41) is 13.9. The van der Waals surface area contributed by atoms with Crippen molar-refractivity contribution in [1.82, 2.24) is 10.2 Å². The van der Waals surface area contributed by atoms with Crippen molar-refractivity contribution in [3.63, 3.8) is 0 Å². The molecule has 0 spiro atoms. The molecular weight excluding hydrogens is 236 g/mol. The SMILES string of the molecule is Cc1cc(C)c(C(O)C(C)NCCN(C)C)c(C)c1. The van der Waals surface area contributed by atoms with Gasteiger partial charge >= 0.3 is 0 Å². The molecule has 2 unspecified atom stereocenters. The molecule has 3 heteroatoms. The van der Waals surface area contributed by atoms with E-state index in [4.69, 9.17) is 0 Å². The number of aryl methyl sites for hydroxylation is 3. The Balaban J connectivity index is 2.74. The van der Waals surface area contributed by atoms with E-state index >= 15 is 0 Å². The zero-order valence-electron chi connectivity index (χ0n) is 13.1. The van der Waals surface area contributed by atoms with Gasteiger partial charge in [0.25, 0.3) is 0 Å². The second-order valence-electron chi connectivity index (χ2n) is 5.80. The average molecular weight is 264 g/mol. The maximum absolute atomic E-state index is 10.5. The summed E-state index contributed by atoms with van der Waals surface area (Å²) in [4.78, 5) is 2.13. The van der Waals surface area contributed by atoms with Crippen molar-refractivity contribution in [3.8, 4) is 0 Å². The predicted molar refractivity (Wildman–Crippen MR) is 81.6 cm³/mol. The van der Waals surface area contributed by atoms with Crippen LogP contribution in [0.2, 0.25) is 0 Å². The van der Waals surface area contributed by atoms with Crippen LogP contribution >= 0.6 is 0 Å². The van der Waals surface area contributed by atoms with E-state index in [1.165, 1.54) is 16.7 Å². The number of aliphatic hydroxyl groups is 1. The molecule has 1 aromatic carbocycles. The van der Waals surface area contributed by atoms with Gasteiger partial charge in [0.15, 0.2) is 0 Å². The van der Waals surface area contributed by atoms with Gasteiger partial charge in [-0.25, -0.2) is 0 Å². The number of nitrogens with one attached hydrogen (secondary N) is 1. The van der Waals surface area contributed by atoms with Gasteiger partial charge in [0, 0.05) is 19.1 Å². The van der Waals surface area contributed by atoms with E-state index < -0.39 is 6.10 Å². The Labute approximate surface area is 117 Å². The first kappa shape index (κ1) is 16.2. The monoisotopic (exact) mass is 264 g/mol. The topological polar surface area (TPSA) is 35.5 Å².